The number of aryl methyl sites for hydroxylation is 2. The van der Waals surface area contributed by atoms with Crippen molar-refractivity contribution in [2.24, 2.45) is 0 Å². The first-order valence-electron chi connectivity index (χ1n) is 9.37. The summed E-state index contributed by atoms with van der Waals surface area (Å²) < 4.78 is 14.2. The molecule has 0 saturated heterocycles. The molecule has 1 aliphatic rings. The second-order valence-corrected chi connectivity index (χ2v) is 7.56. The second-order valence-electron chi connectivity index (χ2n) is 6.68. The molecule has 0 bridgehead atoms. The van der Waals surface area contributed by atoms with E-state index in [4.69, 9.17) is 9.47 Å². The molecule has 0 spiro atoms. The van der Waals surface area contributed by atoms with Crippen LogP contribution in [-0.2, 0) is 24.2 Å². The van der Waals surface area contributed by atoms with Crippen molar-refractivity contribution in [2.75, 3.05) is 11.8 Å². The van der Waals surface area contributed by atoms with Crippen molar-refractivity contribution < 1.29 is 14.3 Å². The van der Waals surface area contributed by atoms with E-state index in [1.165, 1.54) is 42.8 Å². The van der Waals surface area contributed by atoms with Crippen LogP contribution in [0.15, 0.2) is 59.9 Å². The summed E-state index contributed by atoms with van der Waals surface area (Å²) in [6.07, 6.45) is 8.42. The van der Waals surface area contributed by atoms with Crippen LogP contribution in [0.3, 0.4) is 0 Å². The topological polar surface area (TPSA) is 73.3 Å². The van der Waals surface area contributed by atoms with Crippen molar-refractivity contribution in [1.29, 1.82) is 0 Å². The van der Waals surface area contributed by atoms with Crippen LogP contribution in [-0.4, -0.2) is 23.0 Å². The summed E-state index contributed by atoms with van der Waals surface area (Å²) >= 11 is 1.50. The number of rotatable bonds is 7. The van der Waals surface area contributed by atoms with Gasteiger partial charge in [0.25, 0.3) is 0 Å². The van der Waals surface area contributed by atoms with Crippen molar-refractivity contribution in [3.05, 3.63) is 77.4 Å². The molecule has 0 saturated carbocycles. The molecule has 4 rings (SSSR count). The summed E-state index contributed by atoms with van der Waals surface area (Å²) in [6.45, 7) is 0.312. The number of hydrogen-bond donors (Lipinski definition) is 1. The third-order valence-electron chi connectivity index (χ3n) is 4.73. The number of aromatic nitrogens is 2. The number of carbonyl (C=O) groups is 1. The molecule has 0 unspecified atom stereocenters. The number of pyridine rings is 2. The minimum atomic E-state index is -0.400. The fourth-order valence-corrected chi connectivity index (χ4v) is 3.87. The van der Waals surface area contributed by atoms with Crippen molar-refractivity contribution in [2.45, 2.75) is 30.8 Å². The predicted octanol–water partition coefficient (Wildman–Crippen LogP) is 4.45. The molecule has 1 aromatic carbocycles. The van der Waals surface area contributed by atoms with E-state index in [0.29, 0.717) is 12.2 Å². The number of carbonyl (C=O) groups excluding carboxylic acids is 1. The van der Waals surface area contributed by atoms with E-state index in [-0.39, 0.29) is 0 Å². The molecule has 0 amide bonds. The Morgan fingerprint density at radius 2 is 2.03 bits per heavy atom. The predicted molar refractivity (Wildman–Crippen MR) is 112 cm³/mol. The van der Waals surface area contributed by atoms with E-state index in [1.54, 1.807) is 18.3 Å². The Morgan fingerprint density at radius 3 is 2.76 bits per heavy atom. The van der Waals surface area contributed by atoms with E-state index in [0.717, 1.165) is 34.9 Å². The van der Waals surface area contributed by atoms with Crippen LogP contribution in [0.4, 0.5) is 5.69 Å². The Kier molecular flexibility index (Phi) is 5.95. The van der Waals surface area contributed by atoms with Gasteiger partial charge in [0.1, 0.15) is 12.4 Å². The SMILES string of the molecule is COC(=O)c1ccc(COc2cc3c(cc2NSc2cccnc2)CCC3)nc1. The Balaban J connectivity index is 1.49. The van der Waals surface area contributed by atoms with Crippen molar-refractivity contribution in [3.8, 4) is 5.75 Å². The first-order valence-corrected chi connectivity index (χ1v) is 10.2. The maximum Gasteiger partial charge on any atom is 0.339 e. The van der Waals surface area contributed by atoms with Gasteiger partial charge >= 0.3 is 5.97 Å². The summed E-state index contributed by atoms with van der Waals surface area (Å²) in [5.41, 5.74) is 4.80. The third kappa shape index (κ3) is 4.68. The number of esters is 1. The monoisotopic (exact) mass is 407 g/mol. The zero-order valence-corrected chi connectivity index (χ0v) is 16.9. The summed E-state index contributed by atoms with van der Waals surface area (Å²) in [5, 5.41) is 0. The molecule has 0 fully saturated rings. The van der Waals surface area contributed by atoms with Gasteiger partial charge in [0.05, 0.1) is 24.1 Å². The van der Waals surface area contributed by atoms with Crippen LogP contribution in [0.5, 0.6) is 5.75 Å². The van der Waals surface area contributed by atoms with Crippen LogP contribution in [0.25, 0.3) is 0 Å². The summed E-state index contributed by atoms with van der Waals surface area (Å²) in [4.78, 5) is 21.0. The molecule has 7 heteroatoms. The maximum absolute atomic E-state index is 11.5. The number of nitrogens with zero attached hydrogens (tertiary/aromatic N) is 2. The lowest BCUT2D eigenvalue weighted by Gasteiger charge is -2.15. The number of fused-ring (bicyclic) bond motifs is 1. The number of hydrogen-bond acceptors (Lipinski definition) is 7. The minimum Gasteiger partial charge on any atom is -0.485 e. The van der Waals surface area contributed by atoms with E-state index >= 15 is 0 Å². The van der Waals surface area contributed by atoms with E-state index in [2.05, 4.69) is 26.8 Å². The number of benzene rings is 1. The molecule has 0 atom stereocenters. The highest BCUT2D eigenvalue weighted by Crippen LogP contribution is 2.36. The molecule has 148 valence electrons. The van der Waals surface area contributed by atoms with Gasteiger partial charge in [0.15, 0.2) is 0 Å². The Hall–Kier alpha value is -3.06. The molecule has 3 aromatic rings. The van der Waals surface area contributed by atoms with Crippen LogP contribution in [0.1, 0.15) is 33.6 Å². The largest absolute Gasteiger partial charge is 0.485 e. The Labute approximate surface area is 173 Å². The molecule has 1 aliphatic carbocycles. The number of nitrogens with one attached hydrogen (secondary N) is 1. The third-order valence-corrected chi connectivity index (χ3v) is 5.53. The highest BCUT2D eigenvalue weighted by molar-refractivity contribution is 8.00. The fourth-order valence-electron chi connectivity index (χ4n) is 3.22. The summed E-state index contributed by atoms with van der Waals surface area (Å²) in [6, 6.07) is 11.7. The number of ether oxygens (including phenoxy) is 2. The second kappa shape index (κ2) is 8.96. The molecule has 0 aliphatic heterocycles. The Morgan fingerprint density at radius 1 is 1.17 bits per heavy atom. The smallest absolute Gasteiger partial charge is 0.339 e. The van der Waals surface area contributed by atoms with Gasteiger partial charge in [-0.3, -0.25) is 9.97 Å². The maximum atomic E-state index is 11.5. The summed E-state index contributed by atoms with van der Waals surface area (Å²) in [5.74, 6) is 0.392. The average Bonchev–Trinajstić information content (AvgIpc) is 3.23. The fraction of sp³-hybridized carbons (Fsp3) is 0.227. The lowest BCUT2D eigenvalue weighted by Crippen LogP contribution is -2.05. The van der Waals surface area contributed by atoms with Gasteiger partial charge in [-0.05, 0) is 78.7 Å². The average molecular weight is 407 g/mol. The van der Waals surface area contributed by atoms with Gasteiger partial charge < -0.3 is 14.2 Å². The molecular formula is C22H21N3O3S. The normalized spacial score (nSPS) is 12.3. The van der Waals surface area contributed by atoms with E-state index in [9.17, 15) is 4.79 Å². The number of anilines is 1. The molecule has 2 aromatic heterocycles. The lowest BCUT2D eigenvalue weighted by atomic mass is 10.1. The zero-order valence-electron chi connectivity index (χ0n) is 16.1. The van der Waals surface area contributed by atoms with Gasteiger partial charge in [-0.25, -0.2) is 4.79 Å². The Bertz CT molecular complexity index is 994. The first-order chi connectivity index (χ1) is 14.2. The van der Waals surface area contributed by atoms with Gasteiger partial charge in [0.2, 0.25) is 0 Å². The van der Waals surface area contributed by atoms with Crippen molar-refractivity contribution >= 4 is 23.6 Å². The zero-order chi connectivity index (χ0) is 20.1. The molecule has 1 N–H and O–H groups in total. The van der Waals surface area contributed by atoms with Crippen molar-refractivity contribution in [1.82, 2.24) is 9.97 Å². The lowest BCUT2D eigenvalue weighted by molar-refractivity contribution is 0.0600. The first kappa shape index (κ1) is 19.3. The minimum absolute atomic E-state index is 0.312. The molecule has 6 nitrogen and oxygen atoms in total. The van der Waals surface area contributed by atoms with Gasteiger partial charge in [0, 0.05) is 23.5 Å². The van der Waals surface area contributed by atoms with Gasteiger partial charge in [-0.1, -0.05) is 0 Å². The van der Waals surface area contributed by atoms with Crippen LogP contribution < -0.4 is 9.46 Å². The van der Waals surface area contributed by atoms with E-state index < -0.39 is 5.97 Å². The van der Waals surface area contributed by atoms with E-state index in [1.807, 2.05) is 18.3 Å². The van der Waals surface area contributed by atoms with Crippen LogP contribution in [0.2, 0.25) is 0 Å². The van der Waals surface area contributed by atoms with Gasteiger partial charge in [-0.15, -0.1) is 0 Å². The highest BCUT2D eigenvalue weighted by atomic mass is 32.2. The van der Waals surface area contributed by atoms with Crippen molar-refractivity contribution in [3.63, 3.8) is 0 Å². The van der Waals surface area contributed by atoms with Crippen LogP contribution >= 0.6 is 11.9 Å². The van der Waals surface area contributed by atoms with Gasteiger partial charge in [-0.2, -0.15) is 0 Å². The number of methoxy groups -OCH3 is 1. The molecule has 29 heavy (non-hydrogen) atoms. The summed E-state index contributed by atoms with van der Waals surface area (Å²) in [7, 11) is 1.35. The molecule has 0 radical (unpaired) electrons. The van der Waals surface area contributed by atoms with Crippen LogP contribution in [0, 0.1) is 0 Å². The molecule has 2 heterocycles. The highest BCUT2D eigenvalue weighted by Gasteiger charge is 2.16. The standard InChI is InChI=1S/C22H21N3O3S/c1-27-22(26)17-7-8-18(24-12-17)14-28-21-11-16-5-2-4-15(16)10-20(21)25-29-19-6-3-9-23-13-19/h3,6-13,25H,2,4-5,14H2,1H3. The molecular weight excluding hydrogens is 386 g/mol. The quantitative estimate of drug-likeness (QED) is 0.458.